The first-order chi connectivity index (χ1) is 12.5. The van der Waals surface area contributed by atoms with Gasteiger partial charge in [-0.25, -0.2) is 0 Å². The van der Waals surface area contributed by atoms with Crippen molar-refractivity contribution in [1.29, 1.82) is 0 Å². The predicted octanol–water partition coefficient (Wildman–Crippen LogP) is 1.59. The summed E-state index contributed by atoms with van der Waals surface area (Å²) < 4.78 is 1.43. The third-order valence-electron chi connectivity index (χ3n) is 5.24. The van der Waals surface area contributed by atoms with Gasteiger partial charge in [0.05, 0.1) is 11.0 Å². The Hall–Kier alpha value is -2.12. The fraction of sp³-hybridized carbons (Fsp3) is 0.526. The van der Waals surface area contributed by atoms with Gasteiger partial charge < -0.3 is 19.8 Å². The lowest BCUT2D eigenvalue weighted by Crippen LogP contribution is -2.39. The number of carbonyl (C=O) groups is 1. The lowest BCUT2D eigenvalue weighted by Gasteiger charge is -2.32. The Morgan fingerprint density at radius 2 is 1.96 bits per heavy atom. The SMILES string of the molecule is CCn1c(=O)c(=O)[nH]c2cc(C(=O)N3CCC(CCNC)CC3)ccc21.Cl. The van der Waals surface area contributed by atoms with E-state index in [4.69, 9.17) is 0 Å². The molecule has 0 atom stereocenters. The van der Waals surface area contributed by atoms with E-state index in [9.17, 15) is 14.4 Å². The van der Waals surface area contributed by atoms with Crippen LogP contribution in [0.5, 0.6) is 0 Å². The van der Waals surface area contributed by atoms with Crippen molar-refractivity contribution in [3.05, 3.63) is 44.5 Å². The van der Waals surface area contributed by atoms with Gasteiger partial charge in [0.25, 0.3) is 5.91 Å². The van der Waals surface area contributed by atoms with Crippen molar-refractivity contribution >= 4 is 29.3 Å². The van der Waals surface area contributed by atoms with E-state index in [2.05, 4.69) is 10.3 Å². The lowest BCUT2D eigenvalue weighted by molar-refractivity contribution is 0.0687. The third-order valence-corrected chi connectivity index (χ3v) is 5.24. The van der Waals surface area contributed by atoms with Crippen LogP contribution in [0.3, 0.4) is 0 Å². The molecule has 8 heteroatoms. The molecule has 1 aliphatic rings. The van der Waals surface area contributed by atoms with Crippen molar-refractivity contribution in [2.45, 2.75) is 32.7 Å². The minimum absolute atomic E-state index is 0. The first kappa shape index (κ1) is 21.2. The van der Waals surface area contributed by atoms with Crippen LogP contribution in [-0.2, 0) is 6.54 Å². The standard InChI is InChI=1S/C19H26N4O3.ClH/c1-3-23-16-5-4-14(12-15(16)21-17(24)19(23)26)18(25)22-10-7-13(8-11-22)6-9-20-2;/h4-5,12-13,20H,3,6-11H2,1-2H3,(H,21,24);1H. The van der Waals surface area contributed by atoms with Gasteiger partial charge in [0, 0.05) is 25.2 Å². The second kappa shape index (κ2) is 9.19. The molecule has 2 aromatic rings. The van der Waals surface area contributed by atoms with E-state index in [0.717, 1.165) is 38.9 Å². The van der Waals surface area contributed by atoms with Crippen molar-refractivity contribution < 1.29 is 4.79 Å². The Morgan fingerprint density at radius 1 is 1.26 bits per heavy atom. The average molecular weight is 395 g/mol. The molecule has 1 aromatic carbocycles. The van der Waals surface area contributed by atoms with Gasteiger partial charge in [0.15, 0.2) is 0 Å². The molecule has 0 bridgehead atoms. The highest BCUT2D eigenvalue weighted by Gasteiger charge is 2.23. The molecule has 0 saturated carbocycles. The molecule has 2 heterocycles. The van der Waals surface area contributed by atoms with Gasteiger partial charge in [-0.3, -0.25) is 14.4 Å². The smallest absolute Gasteiger partial charge is 0.316 e. The predicted molar refractivity (Wildman–Crippen MR) is 109 cm³/mol. The number of hydrogen-bond acceptors (Lipinski definition) is 4. The summed E-state index contributed by atoms with van der Waals surface area (Å²) in [6, 6.07) is 5.16. The number of fused-ring (bicyclic) bond motifs is 1. The van der Waals surface area contributed by atoms with E-state index < -0.39 is 11.1 Å². The maximum atomic E-state index is 12.8. The van der Waals surface area contributed by atoms with Crippen LogP contribution in [0.15, 0.2) is 27.8 Å². The molecule has 7 nitrogen and oxygen atoms in total. The summed E-state index contributed by atoms with van der Waals surface area (Å²) in [7, 11) is 1.96. The average Bonchev–Trinajstić information content (AvgIpc) is 2.67. The van der Waals surface area contributed by atoms with E-state index in [1.807, 2.05) is 18.9 Å². The molecule has 3 rings (SSSR count). The zero-order valence-corrected chi connectivity index (χ0v) is 16.6. The van der Waals surface area contributed by atoms with Crippen LogP contribution in [0.4, 0.5) is 0 Å². The maximum absolute atomic E-state index is 12.8. The number of nitrogens with zero attached hydrogens (tertiary/aromatic N) is 2. The van der Waals surface area contributed by atoms with Gasteiger partial charge in [0.1, 0.15) is 0 Å². The topological polar surface area (TPSA) is 87.2 Å². The molecular formula is C19H27ClN4O3. The molecular weight excluding hydrogens is 368 g/mol. The van der Waals surface area contributed by atoms with Crippen LogP contribution in [0.1, 0.15) is 36.5 Å². The van der Waals surface area contributed by atoms with Crippen molar-refractivity contribution in [3.63, 3.8) is 0 Å². The molecule has 0 radical (unpaired) electrons. The molecule has 1 fully saturated rings. The summed E-state index contributed by atoms with van der Waals surface area (Å²) in [5, 5.41) is 3.18. The zero-order valence-electron chi connectivity index (χ0n) is 15.8. The number of piperidine rings is 1. The lowest BCUT2D eigenvalue weighted by atomic mass is 9.93. The Bertz CT molecular complexity index is 913. The van der Waals surface area contributed by atoms with E-state index >= 15 is 0 Å². The Kier molecular flexibility index (Phi) is 7.21. The Balaban J connectivity index is 0.00000261. The second-order valence-electron chi connectivity index (χ2n) is 6.86. The van der Waals surface area contributed by atoms with Crippen molar-refractivity contribution in [2.75, 3.05) is 26.7 Å². The highest BCUT2D eigenvalue weighted by Crippen LogP contribution is 2.22. The molecule has 1 saturated heterocycles. The van der Waals surface area contributed by atoms with E-state index in [1.165, 1.54) is 4.57 Å². The van der Waals surface area contributed by atoms with Gasteiger partial charge in [-0.15, -0.1) is 12.4 Å². The highest BCUT2D eigenvalue weighted by molar-refractivity contribution is 5.97. The molecule has 0 aliphatic carbocycles. The molecule has 148 valence electrons. The normalized spacial score (nSPS) is 15.0. The number of aromatic amines is 1. The summed E-state index contributed by atoms with van der Waals surface area (Å²) in [6.07, 6.45) is 3.19. The number of halogens is 1. The molecule has 1 amide bonds. The number of aromatic nitrogens is 2. The summed E-state index contributed by atoms with van der Waals surface area (Å²) in [4.78, 5) is 41.1. The number of amides is 1. The number of H-pyrrole nitrogens is 1. The minimum Gasteiger partial charge on any atom is -0.339 e. The highest BCUT2D eigenvalue weighted by atomic mass is 35.5. The van der Waals surface area contributed by atoms with Gasteiger partial charge in [0.2, 0.25) is 0 Å². The van der Waals surface area contributed by atoms with Crippen LogP contribution in [0.2, 0.25) is 0 Å². The molecule has 1 aromatic heterocycles. The Morgan fingerprint density at radius 3 is 2.59 bits per heavy atom. The molecule has 1 aliphatic heterocycles. The number of likely N-dealkylation sites (tertiary alicyclic amines) is 1. The fourth-order valence-corrected chi connectivity index (χ4v) is 3.68. The summed E-state index contributed by atoms with van der Waals surface area (Å²) in [5.41, 5.74) is 0.478. The molecule has 0 unspecified atom stereocenters. The number of aryl methyl sites for hydroxylation is 1. The van der Waals surface area contributed by atoms with Crippen LogP contribution in [-0.4, -0.2) is 47.0 Å². The number of rotatable bonds is 5. The molecule has 2 N–H and O–H groups in total. The van der Waals surface area contributed by atoms with E-state index in [-0.39, 0.29) is 18.3 Å². The van der Waals surface area contributed by atoms with Crippen molar-refractivity contribution in [3.8, 4) is 0 Å². The molecule has 0 spiro atoms. The van der Waals surface area contributed by atoms with Crippen LogP contribution in [0, 0.1) is 5.92 Å². The van der Waals surface area contributed by atoms with Crippen LogP contribution in [0.25, 0.3) is 11.0 Å². The Labute approximate surface area is 164 Å². The van der Waals surface area contributed by atoms with Crippen molar-refractivity contribution in [2.24, 2.45) is 5.92 Å². The van der Waals surface area contributed by atoms with Gasteiger partial charge in [-0.2, -0.15) is 0 Å². The monoisotopic (exact) mass is 394 g/mol. The van der Waals surface area contributed by atoms with Crippen LogP contribution >= 0.6 is 12.4 Å². The first-order valence-electron chi connectivity index (χ1n) is 9.26. The molecule has 27 heavy (non-hydrogen) atoms. The van der Waals surface area contributed by atoms with Gasteiger partial charge >= 0.3 is 11.1 Å². The third kappa shape index (κ3) is 4.42. The van der Waals surface area contributed by atoms with Crippen LogP contribution < -0.4 is 16.4 Å². The summed E-state index contributed by atoms with van der Waals surface area (Å²) in [6.45, 7) is 4.76. The number of hydrogen-bond donors (Lipinski definition) is 2. The summed E-state index contributed by atoms with van der Waals surface area (Å²) in [5.74, 6) is 0.646. The van der Waals surface area contributed by atoms with Gasteiger partial charge in [-0.1, -0.05) is 0 Å². The minimum atomic E-state index is -0.658. The second-order valence-corrected chi connectivity index (χ2v) is 6.86. The quantitative estimate of drug-likeness (QED) is 0.754. The van der Waals surface area contributed by atoms with Crippen molar-refractivity contribution in [1.82, 2.24) is 19.8 Å². The van der Waals surface area contributed by atoms with E-state index in [0.29, 0.717) is 29.1 Å². The zero-order chi connectivity index (χ0) is 18.7. The fourth-order valence-electron chi connectivity index (χ4n) is 3.68. The number of carbonyl (C=O) groups excluding carboxylic acids is 1. The first-order valence-corrected chi connectivity index (χ1v) is 9.26. The van der Waals surface area contributed by atoms with Gasteiger partial charge in [-0.05, 0) is 63.9 Å². The summed E-state index contributed by atoms with van der Waals surface area (Å²) >= 11 is 0. The number of nitrogens with one attached hydrogen (secondary N) is 2. The van der Waals surface area contributed by atoms with E-state index in [1.54, 1.807) is 18.2 Å². The number of benzene rings is 1. The largest absolute Gasteiger partial charge is 0.339 e. The maximum Gasteiger partial charge on any atom is 0.316 e.